The summed E-state index contributed by atoms with van der Waals surface area (Å²) in [6.45, 7) is 0.547. The van der Waals surface area contributed by atoms with Crippen LogP contribution in [0.25, 0.3) is 10.2 Å². The molecule has 0 saturated carbocycles. The summed E-state index contributed by atoms with van der Waals surface area (Å²) in [5.41, 5.74) is 2.05. The van der Waals surface area contributed by atoms with Crippen molar-refractivity contribution < 1.29 is 4.79 Å². The molecule has 0 radical (unpaired) electrons. The fourth-order valence-electron chi connectivity index (χ4n) is 2.51. The van der Waals surface area contributed by atoms with Crippen molar-refractivity contribution in [3.05, 3.63) is 65.2 Å². The van der Waals surface area contributed by atoms with E-state index in [0.717, 1.165) is 10.2 Å². The molecular formula is C18H19N3OS. The number of amides is 1. The number of carbonyl (C=O) groups excluding carboxylic acids is 1. The minimum Gasteiger partial charge on any atom is -0.348 e. The first kappa shape index (κ1) is 15.6. The molecule has 1 amide bonds. The summed E-state index contributed by atoms with van der Waals surface area (Å²) in [7, 11) is 4.03. The number of hydrogen-bond acceptors (Lipinski definition) is 4. The fraction of sp³-hybridized carbons (Fsp3) is 0.222. The number of carbonyl (C=O) groups is 1. The topological polar surface area (TPSA) is 45.2 Å². The molecule has 0 aliphatic rings. The molecule has 1 N–H and O–H groups in total. The normalized spacial score (nSPS) is 12.5. The van der Waals surface area contributed by atoms with E-state index in [9.17, 15) is 4.79 Å². The molecule has 1 atom stereocenters. The van der Waals surface area contributed by atoms with E-state index in [1.807, 2.05) is 56.6 Å². The van der Waals surface area contributed by atoms with Gasteiger partial charge >= 0.3 is 0 Å². The third-order valence-electron chi connectivity index (χ3n) is 3.75. The van der Waals surface area contributed by atoms with Gasteiger partial charge in [-0.3, -0.25) is 4.79 Å². The molecular weight excluding hydrogens is 306 g/mol. The number of nitrogens with one attached hydrogen (secondary N) is 1. The summed E-state index contributed by atoms with van der Waals surface area (Å²) in [5.74, 6) is -0.117. The SMILES string of the molecule is CN(C)[C@@H](CNC(=O)c1nc2ccccc2s1)c1ccccc1. The molecule has 1 aromatic heterocycles. The van der Waals surface area contributed by atoms with E-state index in [1.54, 1.807) is 0 Å². The molecule has 118 valence electrons. The van der Waals surface area contributed by atoms with Gasteiger partial charge in [-0.25, -0.2) is 4.98 Å². The van der Waals surface area contributed by atoms with E-state index < -0.39 is 0 Å². The molecule has 1 heterocycles. The Bertz CT molecular complexity index is 765. The van der Waals surface area contributed by atoms with Gasteiger partial charge in [-0.1, -0.05) is 42.5 Å². The second-order valence-electron chi connectivity index (χ2n) is 5.59. The van der Waals surface area contributed by atoms with Gasteiger partial charge in [-0.15, -0.1) is 11.3 Å². The molecule has 3 rings (SSSR count). The predicted octanol–water partition coefficient (Wildman–Crippen LogP) is 3.33. The number of likely N-dealkylation sites (N-methyl/N-ethyl adjacent to an activating group) is 1. The van der Waals surface area contributed by atoms with Crippen LogP contribution < -0.4 is 5.32 Å². The Morgan fingerprint density at radius 3 is 2.52 bits per heavy atom. The number of aromatic nitrogens is 1. The van der Waals surface area contributed by atoms with Gasteiger partial charge in [0.1, 0.15) is 0 Å². The summed E-state index contributed by atoms with van der Waals surface area (Å²) < 4.78 is 1.03. The molecule has 0 fully saturated rings. The number of hydrogen-bond donors (Lipinski definition) is 1. The van der Waals surface area contributed by atoms with Gasteiger partial charge in [-0.05, 0) is 31.8 Å². The zero-order chi connectivity index (χ0) is 16.2. The summed E-state index contributed by atoms with van der Waals surface area (Å²) in [5, 5.41) is 3.52. The third kappa shape index (κ3) is 3.57. The Kier molecular flexibility index (Phi) is 4.69. The fourth-order valence-corrected chi connectivity index (χ4v) is 3.39. The Balaban J connectivity index is 1.71. The van der Waals surface area contributed by atoms with Crippen molar-refractivity contribution >= 4 is 27.5 Å². The molecule has 0 saturated heterocycles. The first-order chi connectivity index (χ1) is 11.1. The molecule has 5 heteroatoms. The van der Waals surface area contributed by atoms with E-state index in [2.05, 4.69) is 27.3 Å². The highest BCUT2D eigenvalue weighted by Gasteiger charge is 2.17. The van der Waals surface area contributed by atoms with E-state index in [1.165, 1.54) is 16.9 Å². The summed E-state index contributed by atoms with van der Waals surface area (Å²) >= 11 is 1.42. The standard InChI is InChI=1S/C18H19N3OS/c1-21(2)15(13-8-4-3-5-9-13)12-19-17(22)18-20-14-10-6-7-11-16(14)23-18/h3-11,15H,12H2,1-2H3,(H,19,22)/t15-/m0/s1. The van der Waals surface area contributed by atoms with Crippen molar-refractivity contribution in [2.24, 2.45) is 0 Å². The molecule has 23 heavy (non-hydrogen) atoms. The average Bonchev–Trinajstić information content (AvgIpc) is 2.99. The maximum atomic E-state index is 12.4. The zero-order valence-corrected chi connectivity index (χ0v) is 14.0. The molecule has 0 bridgehead atoms. The number of thiazole rings is 1. The Morgan fingerprint density at radius 1 is 1.13 bits per heavy atom. The van der Waals surface area contributed by atoms with Crippen LogP contribution in [0.4, 0.5) is 0 Å². The van der Waals surface area contributed by atoms with Crippen LogP contribution >= 0.6 is 11.3 Å². The number of para-hydroxylation sites is 1. The zero-order valence-electron chi connectivity index (χ0n) is 13.2. The van der Waals surface area contributed by atoms with Gasteiger partial charge in [0.15, 0.2) is 5.01 Å². The minimum atomic E-state index is -0.117. The monoisotopic (exact) mass is 325 g/mol. The highest BCUT2D eigenvalue weighted by atomic mass is 32.1. The largest absolute Gasteiger partial charge is 0.348 e. The lowest BCUT2D eigenvalue weighted by atomic mass is 10.1. The lowest BCUT2D eigenvalue weighted by molar-refractivity contribution is 0.0941. The lowest BCUT2D eigenvalue weighted by Crippen LogP contribution is -2.34. The van der Waals surface area contributed by atoms with E-state index in [4.69, 9.17) is 0 Å². The van der Waals surface area contributed by atoms with Gasteiger partial charge in [0.05, 0.1) is 16.3 Å². The van der Waals surface area contributed by atoms with Crippen LogP contribution in [-0.2, 0) is 0 Å². The van der Waals surface area contributed by atoms with Crippen molar-refractivity contribution in [1.29, 1.82) is 0 Å². The quantitative estimate of drug-likeness (QED) is 0.782. The second-order valence-corrected chi connectivity index (χ2v) is 6.62. The second kappa shape index (κ2) is 6.89. The van der Waals surface area contributed by atoms with E-state index >= 15 is 0 Å². The number of rotatable bonds is 5. The molecule has 2 aromatic carbocycles. The smallest absolute Gasteiger partial charge is 0.280 e. The van der Waals surface area contributed by atoms with Gasteiger partial charge in [0.25, 0.3) is 5.91 Å². The number of benzene rings is 2. The van der Waals surface area contributed by atoms with Crippen LogP contribution in [0.3, 0.4) is 0 Å². The molecule has 0 unspecified atom stereocenters. The molecule has 0 spiro atoms. The van der Waals surface area contributed by atoms with E-state index in [0.29, 0.717) is 11.6 Å². The minimum absolute atomic E-state index is 0.117. The van der Waals surface area contributed by atoms with Gasteiger partial charge in [0.2, 0.25) is 0 Å². The van der Waals surface area contributed by atoms with Crippen molar-refractivity contribution in [1.82, 2.24) is 15.2 Å². The summed E-state index contributed by atoms with van der Waals surface area (Å²) in [6.07, 6.45) is 0. The van der Waals surface area contributed by atoms with Crippen molar-refractivity contribution in [2.75, 3.05) is 20.6 Å². The third-order valence-corrected chi connectivity index (χ3v) is 4.79. The van der Waals surface area contributed by atoms with Crippen molar-refractivity contribution in [2.45, 2.75) is 6.04 Å². The van der Waals surface area contributed by atoms with E-state index in [-0.39, 0.29) is 11.9 Å². The van der Waals surface area contributed by atoms with Crippen LogP contribution in [0.5, 0.6) is 0 Å². The number of nitrogens with zero attached hydrogens (tertiary/aromatic N) is 2. The van der Waals surface area contributed by atoms with Crippen LogP contribution in [0.1, 0.15) is 21.4 Å². The molecule has 4 nitrogen and oxygen atoms in total. The van der Waals surface area contributed by atoms with Crippen LogP contribution in [-0.4, -0.2) is 36.4 Å². The van der Waals surface area contributed by atoms with Crippen LogP contribution in [0, 0.1) is 0 Å². The van der Waals surface area contributed by atoms with Crippen molar-refractivity contribution in [3.8, 4) is 0 Å². The summed E-state index contributed by atoms with van der Waals surface area (Å²) in [6, 6.07) is 18.1. The lowest BCUT2D eigenvalue weighted by Gasteiger charge is -2.24. The van der Waals surface area contributed by atoms with Gasteiger partial charge < -0.3 is 10.2 Å². The molecule has 0 aliphatic carbocycles. The highest BCUT2D eigenvalue weighted by Crippen LogP contribution is 2.22. The van der Waals surface area contributed by atoms with Gasteiger partial charge in [0, 0.05) is 6.54 Å². The first-order valence-electron chi connectivity index (χ1n) is 7.50. The molecule has 3 aromatic rings. The maximum absolute atomic E-state index is 12.4. The maximum Gasteiger partial charge on any atom is 0.280 e. The number of fused-ring (bicyclic) bond motifs is 1. The Labute approximate surface area is 139 Å². The van der Waals surface area contributed by atoms with Crippen LogP contribution in [0.2, 0.25) is 0 Å². The molecule has 0 aliphatic heterocycles. The van der Waals surface area contributed by atoms with Crippen molar-refractivity contribution in [3.63, 3.8) is 0 Å². The average molecular weight is 325 g/mol. The van der Waals surface area contributed by atoms with Crippen LogP contribution in [0.15, 0.2) is 54.6 Å². The first-order valence-corrected chi connectivity index (χ1v) is 8.32. The summed E-state index contributed by atoms with van der Waals surface area (Å²) in [4.78, 5) is 18.9. The Hall–Kier alpha value is -2.24. The highest BCUT2D eigenvalue weighted by molar-refractivity contribution is 7.20. The predicted molar refractivity (Wildman–Crippen MR) is 94.8 cm³/mol. The Morgan fingerprint density at radius 2 is 1.83 bits per heavy atom. The van der Waals surface area contributed by atoms with Gasteiger partial charge in [-0.2, -0.15) is 0 Å².